The second-order valence-electron chi connectivity index (χ2n) is 27.3. The van der Waals surface area contributed by atoms with Gasteiger partial charge in [0.25, 0.3) is 6.71 Å². The maximum Gasteiger partial charge on any atom is 0.252 e. The molecule has 0 fully saturated rings. The summed E-state index contributed by atoms with van der Waals surface area (Å²) in [6.07, 6.45) is 0. The lowest BCUT2D eigenvalue weighted by Crippen LogP contribution is -2.61. The Kier molecular flexibility index (Phi) is 10.1. The van der Waals surface area contributed by atoms with Crippen molar-refractivity contribution in [1.82, 2.24) is 0 Å². The lowest BCUT2D eigenvalue weighted by Gasteiger charge is -2.45. The molecule has 5 aliphatic rings. The summed E-state index contributed by atoms with van der Waals surface area (Å²) >= 11 is 0. The van der Waals surface area contributed by atoms with Crippen molar-refractivity contribution in [2.24, 2.45) is 0 Å². The summed E-state index contributed by atoms with van der Waals surface area (Å²) in [5.41, 5.74) is 34.9. The van der Waals surface area contributed by atoms with Gasteiger partial charge in [-0.3, -0.25) is 0 Å². The Bertz CT molecular complexity index is 4300. The molecule has 3 heteroatoms. The molecule has 0 spiro atoms. The van der Waals surface area contributed by atoms with Gasteiger partial charge in [0.2, 0.25) is 0 Å². The van der Waals surface area contributed by atoms with Gasteiger partial charge in [0.1, 0.15) is 0 Å². The molecule has 0 radical (unpaired) electrons. The van der Waals surface area contributed by atoms with E-state index in [0.717, 1.165) is 5.69 Å². The van der Waals surface area contributed by atoms with Crippen LogP contribution in [-0.2, 0) is 27.1 Å². The van der Waals surface area contributed by atoms with E-state index in [1.54, 1.807) is 0 Å². The molecule has 0 aromatic heterocycles. The van der Waals surface area contributed by atoms with Crippen molar-refractivity contribution >= 4 is 57.2 Å². The highest BCUT2D eigenvalue weighted by Crippen LogP contribution is 2.56. The van der Waals surface area contributed by atoms with E-state index in [1.807, 2.05) is 0 Å². The molecule has 10 aromatic carbocycles. The molecule has 0 atom stereocenters. The van der Waals surface area contributed by atoms with Crippen LogP contribution in [-0.4, -0.2) is 6.71 Å². The van der Waals surface area contributed by atoms with Gasteiger partial charge in [-0.15, -0.1) is 0 Å². The zero-order valence-corrected chi connectivity index (χ0v) is 48.5. The summed E-state index contributed by atoms with van der Waals surface area (Å²) in [4.78, 5) is 5.26. The maximum atomic E-state index is 2.64. The molecule has 80 heavy (non-hydrogen) atoms. The number of benzene rings is 10. The molecule has 2 heterocycles. The number of rotatable bonds is 4. The van der Waals surface area contributed by atoms with E-state index >= 15 is 0 Å². The predicted molar refractivity (Wildman–Crippen MR) is 341 cm³/mol. The Hall–Kier alpha value is -8.14. The van der Waals surface area contributed by atoms with Gasteiger partial charge in [-0.05, 0) is 176 Å². The Morgan fingerprint density at radius 1 is 0.312 bits per heavy atom. The molecule has 0 bridgehead atoms. The summed E-state index contributed by atoms with van der Waals surface area (Å²) in [5, 5.41) is 0. The third kappa shape index (κ3) is 6.73. The van der Waals surface area contributed by atoms with Gasteiger partial charge in [-0.1, -0.05) is 235 Å². The molecule has 0 saturated heterocycles. The Morgan fingerprint density at radius 2 is 0.738 bits per heavy atom. The highest BCUT2D eigenvalue weighted by molar-refractivity contribution is 7.00. The van der Waals surface area contributed by atoms with Crippen LogP contribution in [0.5, 0.6) is 0 Å². The first-order chi connectivity index (χ1) is 38.2. The van der Waals surface area contributed by atoms with Gasteiger partial charge in [0.15, 0.2) is 0 Å². The second-order valence-corrected chi connectivity index (χ2v) is 27.3. The van der Waals surface area contributed by atoms with Crippen molar-refractivity contribution in [2.75, 3.05) is 9.80 Å². The van der Waals surface area contributed by atoms with Crippen LogP contribution in [0.15, 0.2) is 200 Å². The minimum Gasteiger partial charge on any atom is -0.311 e. The van der Waals surface area contributed by atoms with Gasteiger partial charge in [0, 0.05) is 50.4 Å². The van der Waals surface area contributed by atoms with E-state index in [0.29, 0.717) is 0 Å². The fourth-order valence-corrected chi connectivity index (χ4v) is 15.2. The van der Waals surface area contributed by atoms with E-state index in [4.69, 9.17) is 0 Å². The third-order valence-corrected chi connectivity index (χ3v) is 19.6. The highest BCUT2D eigenvalue weighted by atomic mass is 15.2. The van der Waals surface area contributed by atoms with Crippen molar-refractivity contribution in [3.8, 4) is 55.6 Å². The molecule has 0 saturated carbocycles. The maximum absolute atomic E-state index is 2.64. The van der Waals surface area contributed by atoms with Crippen LogP contribution in [0.3, 0.4) is 0 Å². The topological polar surface area (TPSA) is 6.48 Å². The van der Waals surface area contributed by atoms with E-state index in [2.05, 4.69) is 293 Å². The number of hydrogen-bond donors (Lipinski definition) is 0. The SMILES string of the molecule is CC(C)(C)c1ccc2c(c1)B1c3cc(-c4cccc5c4-c4ccccc4C5(C)C)ccc3N(c3ccc(-c4cccc5c4-c4ccccc4C5(C)C)cc3)c3cc(C(C)(C)C)cc(c31)N2c1ccc2c(c1)C(C)(C)c1ccccc1-2. The molecule has 0 amide bonds. The van der Waals surface area contributed by atoms with Crippen LogP contribution in [0, 0.1) is 0 Å². The number of fused-ring (bicyclic) bond motifs is 13. The zero-order chi connectivity index (χ0) is 55.2. The smallest absolute Gasteiger partial charge is 0.252 e. The fourth-order valence-electron chi connectivity index (χ4n) is 15.2. The van der Waals surface area contributed by atoms with Crippen molar-refractivity contribution < 1.29 is 0 Å². The molecule has 2 nitrogen and oxygen atoms in total. The standard InChI is InChI=1S/C77H69BN2/c1-73(2,3)48-34-40-67-65(42-48)78-64-41-47(53-25-20-30-62-71(53)57-23-15-18-28-60(57)76(62,9)10)33-39-66(64)79(50-35-31-46(32-36-50)52-24-19-29-61-70(52)56-22-14-17-27-59(56)75(61,7)8)68-43-49(74(4,5)6)44-69(72(68)78)80(67)51-37-38-55-54-21-13-16-26-58(54)77(11,12)63(55)45-51/h13-45H,1-12H3. The van der Waals surface area contributed by atoms with Crippen LogP contribution in [0.4, 0.5) is 34.1 Å². The Morgan fingerprint density at radius 3 is 1.31 bits per heavy atom. The summed E-state index contributed by atoms with van der Waals surface area (Å²) in [7, 11) is 0. The normalized spacial score (nSPS) is 16.0. The minimum atomic E-state index is -0.156. The zero-order valence-electron chi connectivity index (χ0n) is 48.5. The highest BCUT2D eigenvalue weighted by Gasteiger charge is 2.46. The summed E-state index contributed by atoms with van der Waals surface area (Å²) in [5.74, 6) is 0. The minimum absolute atomic E-state index is 0.0565. The number of nitrogens with zero attached hydrogens (tertiary/aromatic N) is 2. The summed E-state index contributed by atoms with van der Waals surface area (Å²) in [6.45, 7) is 28.5. The predicted octanol–water partition coefficient (Wildman–Crippen LogP) is 18.6. The average Bonchev–Trinajstić information content (AvgIpc) is 4.04. The van der Waals surface area contributed by atoms with Crippen molar-refractivity contribution in [3.63, 3.8) is 0 Å². The molecular weight excluding hydrogens is 964 g/mol. The number of hydrogen-bond acceptors (Lipinski definition) is 2. The molecule has 3 aliphatic carbocycles. The van der Waals surface area contributed by atoms with E-state index in [9.17, 15) is 0 Å². The second kappa shape index (κ2) is 16.5. The third-order valence-electron chi connectivity index (χ3n) is 19.6. The fraction of sp³-hybridized carbons (Fsp3) is 0.221. The molecular formula is C77H69BN2. The Labute approximate surface area is 474 Å². The van der Waals surface area contributed by atoms with Crippen molar-refractivity contribution in [1.29, 1.82) is 0 Å². The molecule has 390 valence electrons. The monoisotopic (exact) mass is 1030 g/mol. The van der Waals surface area contributed by atoms with Gasteiger partial charge >= 0.3 is 0 Å². The lowest BCUT2D eigenvalue weighted by molar-refractivity contribution is 0.590. The lowest BCUT2D eigenvalue weighted by atomic mass is 9.33. The first kappa shape index (κ1) is 48.9. The van der Waals surface area contributed by atoms with Crippen molar-refractivity contribution in [3.05, 3.63) is 245 Å². The molecule has 0 N–H and O–H groups in total. The van der Waals surface area contributed by atoms with E-state index in [1.165, 1.54) is 145 Å². The van der Waals surface area contributed by atoms with E-state index < -0.39 is 0 Å². The Balaban J connectivity index is 0.998. The summed E-state index contributed by atoms with van der Waals surface area (Å²) < 4.78 is 0. The van der Waals surface area contributed by atoms with Crippen LogP contribution in [0.2, 0.25) is 0 Å². The van der Waals surface area contributed by atoms with Crippen LogP contribution in [0.1, 0.15) is 128 Å². The summed E-state index contributed by atoms with van der Waals surface area (Å²) in [6, 6.07) is 78.0. The van der Waals surface area contributed by atoms with Gasteiger partial charge in [-0.2, -0.15) is 0 Å². The molecule has 0 unspecified atom stereocenters. The molecule has 2 aliphatic heterocycles. The molecule has 15 rings (SSSR count). The van der Waals surface area contributed by atoms with Crippen LogP contribution >= 0.6 is 0 Å². The largest absolute Gasteiger partial charge is 0.311 e. The average molecular weight is 1030 g/mol. The van der Waals surface area contributed by atoms with Gasteiger partial charge < -0.3 is 9.80 Å². The van der Waals surface area contributed by atoms with Crippen LogP contribution in [0.25, 0.3) is 55.6 Å². The molecule has 10 aromatic rings. The quantitative estimate of drug-likeness (QED) is 0.162. The first-order valence-corrected chi connectivity index (χ1v) is 29.1. The number of anilines is 6. The van der Waals surface area contributed by atoms with Gasteiger partial charge in [0.05, 0.1) is 0 Å². The first-order valence-electron chi connectivity index (χ1n) is 29.1. The van der Waals surface area contributed by atoms with Crippen molar-refractivity contribution in [2.45, 2.75) is 110 Å². The van der Waals surface area contributed by atoms with E-state index in [-0.39, 0.29) is 33.8 Å². The van der Waals surface area contributed by atoms with Crippen LogP contribution < -0.4 is 26.2 Å². The van der Waals surface area contributed by atoms with Gasteiger partial charge in [-0.25, -0.2) is 0 Å².